The maximum Gasteiger partial charge on any atom is 0.220 e. The standard InChI is InChI=1S/C61H121NO8/c1-3-5-7-9-11-13-15-17-19-20-21-22-23-24-25-26-27-28-29-30-31-32-33-34-35-37-39-41-43-45-47-49-51-57(65)62-54(53-69-61-60(68)59(67)58(66)56(52-63)70-61)55(64)50-48-46-44-42-40-38-36-18-16-14-12-10-8-6-4-2/h54-56,58-61,63-64,66-68H,3-53H2,1-2H3,(H,62,65)/t54-,55+,56+,58+,59?,60?,61+/m0/s1. The highest BCUT2D eigenvalue weighted by molar-refractivity contribution is 5.76. The van der Waals surface area contributed by atoms with Gasteiger partial charge in [0.05, 0.1) is 25.4 Å². The number of aliphatic hydroxyl groups excluding tert-OH is 5. The summed E-state index contributed by atoms with van der Waals surface area (Å²) >= 11 is 0. The molecular formula is C61H121NO8. The molecule has 70 heavy (non-hydrogen) atoms. The van der Waals surface area contributed by atoms with Crippen molar-refractivity contribution in [3.05, 3.63) is 0 Å². The number of nitrogens with one attached hydrogen (secondary N) is 1. The van der Waals surface area contributed by atoms with Crippen LogP contribution in [0.2, 0.25) is 0 Å². The Balaban J connectivity index is 2.08. The second-order valence-electron chi connectivity index (χ2n) is 22.2. The Morgan fingerprint density at radius 1 is 0.429 bits per heavy atom. The Morgan fingerprint density at radius 2 is 0.714 bits per heavy atom. The van der Waals surface area contributed by atoms with Crippen molar-refractivity contribution in [1.82, 2.24) is 5.32 Å². The van der Waals surface area contributed by atoms with Crippen LogP contribution in [0.25, 0.3) is 0 Å². The first kappa shape index (κ1) is 67.2. The molecule has 418 valence electrons. The molecule has 0 aromatic heterocycles. The Kier molecular flexibility index (Phi) is 49.6. The van der Waals surface area contributed by atoms with Crippen LogP contribution in [0.5, 0.6) is 0 Å². The summed E-state index contributed by atoms with van der Waals surface area (Å²) in [4.78, 5) is 13.1. The van der Waals surface area contributed by atoms with Crippen LogP contribution >= 0.6 is 0 Å². The van der Waals surface area contributed by atoms with Crippen molar-refractivity contribution in [2.45, 2.75) is 371 Å². The summed E-state index contributed by atoms with van der Waals surface area (Å²) in [6, 6.07) is -0.713. The van der Waals surface area contributed by atoms with Gasteiger partial charge in [-0.15, -0.1) is 0 Å². The zero-order valence-electron chi connectivity index (χ0n) is 46.6. The number of carbonyl (C=O) groups excluding carboxylic acids is 1. The summed E-state index contributed by atoms with van der Waals surface area (Å²) < 4.78 is 11.3. The first-order valence-corrected chi connectivity index (χ1v) is 31.2. The lowest BCUT2D eigenvalue weighted by molar-refractivity contribution is -0.302. The lowest BCUT2D eigenvalue weighted by Gasteiger charge is -2.40. The van der Waals surface area contributed by atoms with Gasteiger partial charge in [-0.05, 0) is 12.8 Å². The highest BCUT2D eigenvalue weighted by atomic mass is 16.7. The number of unbranched alkanes of at least 4 members (excludes halogenated alkanes) is 45. The number of rotatable bonds is 55. The minimum Gasteiger partial charge on any atom is -0.394 e. The summed E-state index contributed by atoms with van der Waals surface area (Å²) in [6.45, 7) is 3.88. The van der Waals surface area contributed by atoms with Crippen molar-refractivity contribution in [3.8, 4) is 0 Å². The number of carbonyl (C=O) groups is 1. The molecule has 1 rings (SSSR count). The van der Waals surface area contributed by atoms with Crippen LogP contribution in [0.15, 0.2) is 0 Å². The molecule has 2 unspecified atom stereocenters. The Hall–Kier alpha value is -0.810. The van der Waals surface area contributed by atoms with Gasteiger partial charge in [-0.1, -0.05) is 309 Å². The van der Waals surface area contributed by atoms with Gasteiger partial charge in [0, 0.05) is 6.42 Å². The third kappa shape index (κ3) is 40.6. The van der Waals surface area contributed by atoms with Crippen LogP contribution in [0.4, 0.5) is 0 Å². The van der Waals surface area contributed by atoms with Crippen LogP contribution in [-0.4, -0.2) is 87.5 Å². The molecular weight excluding hydrogens is 875 g/mol. The fourth-order valence-electron chi connectivity index (χ4n) is 10.5. The van der Waals surface area contributed by atoms with Gasteiger partial charge in [-0.3, -0.25) is 4.79 Å². The molecule has 1 fully saturated rings. The van der Waals surface area contributed by atoms with E-state index in [0.717, 1.165) is 38.5 Å². The zero-order chi connectivity index (χ0) is 50.8. The van der Waals surface area contributed by atoms with E-state index >= 15 is 0 Å². The third-order valence-electron chi connectivity index (χ3n) is 15.5. The molecule has 0 saturated carbocycles. The van der Waals surface area contributed by atoms with Gasteiger partial charge in [0.2, 0.25) is 5.91 Å². The Bertz CT molecular complexity index is 1060. The van der Waals surface area contributed by atoms with Gasteiger partial charge >= 0.3 is 0 Å². The number of aliphatic hydroxyl groups is 5. The van der Waals surface area contributed by atoms with Gasteiger partial charge in [-0.25, -0.2) is 0 Å². The molecule has 7 atom stereocenters. The minimum atomic E-state index is -1.55. The van der Waals surface area contributed by atoms with E-state index in [1.165, 1.54) is 263 Å². The van der Waals surface area contributed by atoms with Crippen LogP contribution < -0.4 is 5.32 Å². The van der Waals surface area contributed by atoms with E-state index in [0.29, 0.717) is 12.8 Å². The maximum absolute atomic E-state index is 13.1. The second kappa shape index (κ2) is 51.7. The van der Waals surface area contributed by atoms with E-state index in [1.807, 2.05) is 0 Å². The highest BCUT2D eigenvalue weighted by Gasteiger charge is 2.44. The molecule has 0 aromatic rings. The molecule has 1 amide bonds. The van der Waals surface area contributed by atoms with Crippen LogP contribution in [-0.2, 0) is 14.3 Å². The summed E-state index contributed by atoms with van der Waals surface area (Å²) in [6.07, 6.45) is 55.9. The molecule has 0 radical (unpaired) electrons. The molecule has 9 heteroatoms. The molecule has 9 nitrogen and oxygen atoms in total. The van der Waals surface area contributed by atoms with Crippen LogP contribution in [0, 0.1) is 0 Å². The van der Waals surface area contributed by atoms with E-state index in [2.05, 4.69) is 19.2 Å². The lowest BCUT2D eigenvalue weighted by Crippen LogP contribution is -2.60. The molecule has 0 bridgehead atoms. The van der Waals surface area contributed by atoms with Crippen molar-refractivity contribution in [1.29, 1.82) is 0 Å². The monoisotopic (exact) mass is 996 g/mol. The molecule has 0 aliphatic carbocycles. The predicted molar refractivity (Wildman–Crippen MR) is 295 cm³/mol. The Morgan fingerprint density at radius 3 is 1.01 bits per heavy atom. The molecule has 0 spiro atoms. The lowest BCUT2D eigenvalue weighted by atomic mass is 9.99. The van der Waals surface area contributed by atoms with E-state index < -0.39 is 49.5 Å². The van der Waals surface area contributed by atoms with E-state index in [-0.39, 0.29) is 12.5 Å². The molecule has 1 aliphatic rings. The molecule has 1 heterocycles. The second-order valence-corrected chi connectivity index (χ2v) is 22.2. The topological polar surface area (TPSA) is 149 Å². The number of amides is 1. The summed E-state index contributed by atoms with van der Waals surface area (Å²) in [5, 5.41) is 54.7. The van der Waals surface area contributed by atoms with Gasteiger partial charge in [0.15, 0.2) is 6.29 Å². The SMILES string of the molecule is CCCCCCCCCCCCCCCCCCCCCCCCCCCCCCCCCCC(=O)N[C@@H](CO[C@@H]1O[C@H](CO)[C@@H](O)C(O)C1O)[C@H](O)CCCCCCCCCCCCCCCCC. The van der Waals surface area contributed by atoms with Crippen LogP contribution in [0.1, 0.15) is 328 Å². The molecule has 0 aromatic carbocycles. The average Bonchev–Trinajstić information content (AvgIpc) is 3.36. The number of hydrogen-bond donors (Lipinski definition) is 6. The largest absolute Gasteiger partial charge is 0.394 e. The highest BCUT2D eigenvalue weighted by Crippen LogP contribution is 2.24. The normalized spacial score (nSPS) is 19.2. The number of hydrogen-bond acceptors (Lipinski definition) is 8. The first-order valence-electron chi connectivity index (χ1n) is 31.2. The summed E-state index contributed by atoms with van der Waals surface area (Å²) in [5.41, 5.74) is 0. The molecule has 1 saturated heterocycles. The van der Waals surface area contributed by atoms with Crippen molar-refractivity contribution in [2.75, 3.05) is 13.2 Å². The summed E-state index contributed by atoms with van der Waals surface area (Å²) in [5.74, 6) is -0.136. The van der Waals surface area contributed by atoms with E-state index in [1.54, 1.807) is 0 Å². The van der Waals surface area contributed by atoms with Crippen molar-refractivity contribution in [2.24, 2.45) is 0 Å². The average molecular weight is 997 g/mol. The van der Waals surface area contributed by atoms with Gasteiger partial charge in [0.1, 0.15) is 24.4 Å². The fourth-order valence-corrected chi connectivity index (χ4v) is 10.5. The van der Waals surface area contributed by atoms with Crippen molar-refractivity contribution >= 4 is 5.91 Å². The fraction of sp³-hybridized carbons (Fsp3) is 0.984. The summed E-state index contributed by atoms with van der Waals surface area (Å²) in [7, 11) is 0. The number of ether oxygens (including phenoxy) is 2. The smallest absolute Gasteiger partial charge is 0.220 e. The maximum atomic E-state index is 13.1. The van der Waals surface area contributed by atoms with Gasteiger partial charge < -0.3 is 40.3 Å². The van der Waals surface area contributed by atoms with Gasteiger partial charge in [0.25, 0.3) is 0 Å². The quantitative estimate of drug-likeness (QED) is 0.0330. The van der Waals surface area contributed by atoms with Gasteiger partial charge in [-0.2, -0.15) is 0 Å². The Labute approximate surface area is 434 Å². The minimum absolute atomic E-state index is 0.131. The van der Waals surface area contributed by atoms with E-state index in [4.69, 9.17) is 9.47 Å². The van der Waals surface area contributed by atoms with Crippen LogP contribution in [0.3, 0.4) is 0 Å². The van der Waals surface area contributed by atoms with Crippen molar-refractivity contribution in [3.63, 3.8) is 0 Å². The van der Waals surface area contributed by atoms with E-state index in [9.17, 15) is 30.3 Å². The first-order chi connectivity index (χ1) is 34.3. The van der Waals surface area contributed by atoms with Crippen molar-refractivity contribution < 1.29 is 39.8 Å². The molecule has 6 N–H and O–H groups in total. The third-order valence-corrected chi connectivity index (χ3v) is 15.5. The molecule has 1 aliphatic heterocycles. The predicted octanol–water partition coefficient (Wildman–Crippen LogP) is 15.8. The zero-order valence-corrected chi connectivity index (χ0v) is 46.6.